The number of aryl methyl sites for hydroxylation is 1. The third-order valence-corrected chi connectivity index (χ3v) is 6.76. The van der Waals surface area contributed by atoms with E-state index in [4.69, 9.17) is 4.98 Å². The lowest BCUT2D eigenvalue weighted by Gasteiger charge is -2.19. The summed E-state index contributed by atoms with van der Waals surface area (Å²) in [7, 11) is 0. The van der Waals surface area contributed by atoms with Crippen molar-refractivity contribution in [3.63, 3.8) is 0 Å². The molecule has 1 atom stereocenters. The van der Waals surface area contributed by atoms with E-state index in [0.717, 1.165) is 48.0 Å². The maximum Gasteiger partial charge on any atom is 0.235 e. The van der Waals surface area contributed by atoms with Crippen LogP contribution >= 0.6 is 11.8 Å². The lowest BCUT2D eigenvalue weighted by atomic mass is 10.1. The standard InChI is InChI=1S/C24H25N5OS/c1-16-8-7-9-18(14-16)15-29-20-11-4-3-10-19(20)21-22(29)25-24(27-26-21)31-17(2)23(30)28-12-5-6-13-28/h3-4,7-11,14,17H,5-6,12-13,15H2,1-2H3. The molecule has 0 saturated carbocycles. The smallest absolute Gasteiger partial charge is 0.235 e. The van der Waals surface area contributed by atoms with Crippen molar-refractivity contribution in [3.05, 3.63) is 59.7 Å². The summed E-state index contributed by atoms with van der Waals surface area (Å²) in [5, 5.41) is 10.2. The van der Waals surface area contributed by atoms with Gasteiger partial charge in [-0.15, -0.1) is 10.2 Å². The molecule has 158 valence electrons. The number of thioether (sulfide) groups is 1. The maximum atomic E-state index is 12.7. The maximum absolute atomic E-state index is 12.7. The molecule has 0 bridgehead atoms. The minimum absolute atomic E-state index is 0.159. The van der Waals surface area contributed by atoms with Crippen molar-refractivity contribution in [2.24, 2.45) is 0 Å². The Morgan fingerprint density at radius 2 is 1.90 bits per heavy atom. The predicted molar refractivity (Wildman–Crippen MR) is 124 cm³/mol. The van der Waals surface area contributed by atoms with Crippen molar-refractivity contribution in [2.75, 3.05) is 13.1 Å². The molecule has 1 amide bonds. The molecule has 2 aromatic heterocycles. The molecule has 1 aliphatic heterocycles. The summed E-state index contributed by atoms with van der Waals surface area (Å²) in [5.74, 6) is 0.159. The highest BCUT2D eigenvalue weighted by atomic mass is 32.2. The lowest BCUT2D eigenvalue weighted by Crippen LogP contribution is -2.34. The number of nitrogens with zero attached hydrogens (tertiary/aromatic N) is 5. The van der Waals surface area contributed by atoms with Crippen LogP contribution in [0.3, 0.4) is 0 Å². The molecule has 0 aliphatic carbocycles. The molecule has 6 nitrogen and oxygen atoms in total. The molecule has 3 heterocycles. The Balaban J connectivity index is 1.52. The minimum Gasteiger partial charge on any atom is -0.342 e. The number of fused-ring (bicyclic) bond motifs is 3. The van der Waals surface area contributed by atoms with Crippen molar-refractivity contribution in [3.8, 4) is 0 Å². The monoisotopic (exact) mass is 431 g/mol. The zero-order valence-corrected chi connectivity index (χ0v) is 18.6. The summed E-state index contributed by atoms with van der Waals surface area (Å²) < 4.78 is 2.20. The van der Waals surface area contributed by atoms with Gasteiger partial charge < -0.3 is 9.47 Å². The highest BCUT2D eigenvalue weighted by Crippen LogP contribution is 2.29. The van der Waals surface area contributed by atoms with Crippen LogP contribution < -0.4 is 0 Å². The molecule has 7 heteroatoms. The molecule has 1 aliphatic rings. The number of carbonyl (C=O) groups excluding carboxylic acids is 1. The molecule has 0 radical (unpaired) electrons. The average molecular weight is 432 g/mol. The number of hydrogen-bond donors (Lipinski definition) is 0. The van der Waals surface area contributed by atoms with Gasteiger partial charge in [-0.05, 0) is 38.3 Å². The van der Waals surface area contributed by atoms with E-state index < -0.39 is 0 Å². The lowest BCUT2D eigenvalue weighted by molar-refractivity contribution is -0.129. The Labute approximate surface area is 185 Å². The molecular formula is C24H25N5OS. The van der Waals surface area contributed by atoms with Crippen molar-refractivity contribution >= 4 is 39.7 Å². The first-order chi connectivity index (χ1) is 15.1. The first-order valence-electron chi connectivity index (χ1n) is 10.7. The Hall–Kier alpha value is -2.93. The molecule has 1 fully saturated rings. The molecule has 2 aromatic carbocycles. The molecule has 31 heavy (non-hydrogen) atoms. The predicted octanol–water partition coefficient (Wildman–Crippen LogP) is 4.44. The van der Waals surface area contributed by atoms with Crippen LogP contribution in [0, 0.1) is 6.92 Å². The van der Waals surface area contributed by atoms with Gasteiger partial charge in [-0.3, -0.25) is 4.79 Å². The highest BCUT2D eigenvalue weighted by molar-refractivity contribution is 8.00. The number of hydrogen-bond acceptors (Lipinski definition) is 5. The summed E-state index contributed by atoms with van der Waals surface area (Å²) in [6.45, 7) is 6.45. The third-order valence-electron chi connectivity index (χ3n) is 5.83. The number of benzene rings is 2. The van der Waals surface area contributed by atoms with E-state index in [2.05, 4.69) is 58.1 Å². The summed E-state index contributed by atoms with van der Waals surface area (Å²) >= 11 is 1.39. The first kappa shape index (κ1) is 20.0. The molecule has 0 N–H and O–H groups in total. The summed E-state index contributed by atoms with van der Waals surface area (Å²) in [4.78, 5) is 19.5. The minimum atomic E-state index is -0.230. The van der Waals surface area contributed by atoms with Gasteiger partial charge in [0, 0.05) is 25.0 Å². The quantitative estimate of drug-likeness (QED) is 0.437. The Morgan fingerprint density at radius 3 is 2.71 bits per heavy atom. The van der Waals surface area contributed by atoms with E-state index in [9.17, 15) is 4.79 Å². The number of aromatic nitrogens is 4. The van der Waals surface area contributed by atoms with Gasteiger partial charge in [-0.2, -0.15) is 0 Å². The van der Waals surface area contributed by atoms with Gasteiger partial charge in [0.05, 0.1) is 10.8 Å². The van der Waals surface area contributed by atoms with Crippen LogP contribution in [0.2, 0.25) is 0 Å². The summed E-state index contributed by atoms with van der Waals surface area (Å²) in [5.41, 5.74) is 5.14. The fraction of sp³-hybridized carbons (Fsp3) is 0.333. The number of amides is 1. The van der Waals surface area contributed by atoms with Gasteiger partial charge in [-0.1, -0.05) is 59.8 Å². The third kappa shape index (κ3) is 3.90. The van der Waals surface area contributed by atoms with Crippen LogP contribution in [0.25, 0.3) is 22.1 Å². The van der Waals surface area contributed by atoms with Crippen molar-refractivity contribution in [1.82, 2.24) is 24.6 Å². The summed E-state index contributed by atoms with van der Waals surface area (Å²) in [6, 6.07) is 16.7. The Kier molecular flexibility index (Phi) is 5.36. The molecule has 1 saturated heterocycles. The molecule has 4 aromatic rings. The topological polar surface area (TPSA) is 63.9 Å². The van der Waals surface area contributed by atoms with Crippen LogP contribution in [0.4, 0.5) is 0 Å². The van der Waals surface area contributed by atoms with Gasteiger partial charge in [-0.25, -0.2) is 4.98 Å². The zero-order valence-electron chi connectivity index (χ0n) is 17.8. The Bertz CT molecular complexity index is 1260. The van der Waals surface area contributed by atoms with Crippen LogP contribution in [-0.4, -0.2) is 48.9 Å². The van der Waals surface area contributed by atoms with Crippen molar-refractivity contribution in [1.29, 1.82) is 0 Å². The Morgan fingerprint density at radius 1 is 1.10 bits per heavy atom. The zero-order chi connectivity index (χ0) is 21.4. The van der Waals surface area contributed by atoms with Gasteiger partial charge in [0.1, 0.15) is 5.52 Å². The molecular weight excluding hydrogens is 406 g/mol. The van der Waals surface area contributed by atoms with Gasteiger partial charge in [0.25, 0.3) is 0 Å². The molecule has 0 spiro atoms. The second kappa shape index (κ2) is 8.30. The van der Waals surface area contributed by atoms with Crippen molar-refractivity contribution < 1.29 is 4.79 Å². The fourth-order valence-electron chi connectivity index (χ4n) is 4.30. The van der Waals surface area contributed by atoms with Gasteiger partial charge >= 0.3 is 0 Å². The van der Waals surface area contributed by atoms with Crippen LogP contribution in [0.5, 0.6) is 0 Å². The number of carbonyl (C=O) groups is 1. The van der Waals surface area contributed by atoms with Gasteiger partial charge in [0.2, 0.25) is 11.1 Å². The molecule has 5 rings (SSSR count). The number of para-hydroxylation sites is 1. The average Bonchev–Trinajstić information content (AvgIpc) is 3.41. The number of rotatable bonds is 5. The first-order valence-corrected chi connectivity index (χ1v) is 11.6. The van der Waals surface area contributed by atoms with E-state index >= 15 is 0 Å². The van der Waals surface area contributed by atoms with Gasteiger partial charge in [0.15, 0.2) is 5.65 Å². The van der Waals surface area contributed by atoms with E-state index in [0.29, 0.717) is 11.7 Å². The highest BCUT2D eigenvalue weighted by Gasteiger charge is 2.25. The van der Waals surface area contributed by atoms with Crippen LogP contribution in [0.1, 0.15) is 30.9 Å². The largest absolute Gasteiger partial charge is 0.342 e. The van der Waals surface area contributed by atoms with Crippen LogP contribution in [0.15, 0.2) is 53.7 Å². The SMILES string of the molecule is Cc1cccc(Cn2c3ccccc3c3nnc(SC(C)C(=O)N4CCCC4)nc32)c1. The van der Waals surface area contributed by atoms with E-state index in [1.165, 1.54) is 22.9 Å². The van der Waals surface area contributed by atoms with E-state index in [-0.39, 0.29) is 11.2 Å². The van der Waals surface area contributed by atoms with E-state index in [1.807, 2.05) is 24.0 Å². The van der Waals surface area contributed by atoms with E-state index in [1.54, 1.807) is 0 Å². The fourth-order valence-corrected chi connectivity index (χ4v) is 5.09. The molecule has 1 unspecified atom stereocenters. The second-order valence-corrected chi connectivity index (χ2v) is 9.46. The summed E-state index contributed by atoms with van der Waals surface area (Å²) in [6.07, 6.45) is 2.18. The van der Waals surface area contributed by atoms with Crippen molar-refractivity contribution in [2.45, 2.75) is 43.6 Å². The van der Waals surface area contributed by atoms with Crippen LogP contribution in [-0.2, 0) is 11.3 Å². The number of likely N-dealkylation sites (tertiary alicyclic amines) is 1. The second-order valence-electron chi connectivity index (χ2n) is 8.15. The normalized spacial score (nSPS) is 15.1.